The van der Waals surface area contributed by atoms with Crippen molar-refractivity contribution in [3.05, 3.63) is 87.1 Å². The van der Waals surface area contributed by atoms with Gasteiger partial charge in [-0.3, -0.25) is 14.4 Å². The van der Waals surface area contributed by atoms with Crippen molar-refractivity contribution in [3.8, 4) is 16.8 Å². The predicted octanol–water partition coefficient (Wildman–Crippen LogP) is 3.57. The molecule has 1 amide bonds. The zero-order valence-electron chi connectivity index (χ0n) is 25.7. The van der Waals surface area contributed by atoms with Gasteiger partial charge in [0, 0.05) is 27.9 Å². The van der Waals surface area contributed by atoms with E-state index in [1.54, 1.807) is 55.5 Å². The number of carbonyl (C=O) groups is 3. The van der Waals surface area contributed by atoms with Crippen molar-refractivity contribution in [1.29, 1.82) is 0 Å². The first kappa shape index (κ1) is 33.0. The van der Waals surface area contributed by atoms with Gasteiger partial charge in [0.15, 0.2) is 0 Å². The minimum atomic E-state index is -0.718. The Morgan fingerprint density at radius 1 is 1.11 bits per heavy atom. The van der Waals surface area contributed by atoms with Crippen LogP contribution in [0.15, 0.2) is 59.7 Å². The summed E-state index contributed by atoms with van der Waals surface area (Å²) in [5, 5.41) is 24.8. The van der Waals surface area contributed by atoms with Crippen molar-refractivity contribution in [2.45, 2.75) is 51.1 Å². The van der Waals surface area contributed by atoms with Crippen LogP contribution in [0.5, 0.6) is 0 Å². The van der Waals surface area contributed by atoms with Gasteiger partial charge in [-0.15, -0.1) is 5.10 Å². The SMILES string of the molecule is CCOC(=O)[C@H]1CCCCC(NC(=O)/C=C/c2cc(Cl)ccc2-n2cnnn2)c2cc(c(=O)[nH]n2)-c2ccc(CC(=O)OC)cc2N1. The minimum absolute atomic E-state index is 0.00150. The monoisotopic (exact) mass is 660 g/mol. The topological polar surface area (TPSA) is 183 Å². The Balaban J connectivity index is 1.48. The first-order chi connectivity index (χ1) is 22.7. The van der Waals surface area contributed by atoms with E-state index in [2.05, 4.69) is 36.4 Å². The number of hydrogen-bond donors (Lipinski definition) is 3. The van der Waals surface area contributed by atoms with Gasteiger partial charge in [0.2, 0.25) is 5.91 Å². The molecular weight excluding hydrogens is 628 g/mol. The summed E-state index contributed by atoms with van der Waals surface area (Å²) in [6.45, 7) is 1.93. The summed E-state index contributed by atoms with van der Waals surface area (Å²) in [5.41, 5.74) is 3.07. The van der Waals surface area contributed by atoms with Crippen molar-refractivity contribution in [3.63, 3.8) is 0 Å². The quantitative estimate of drug-likeness (QED) is 0.185. The molecule has 1 aliphatic rings. The number of halogens is 1. The van der Waals surface area contributed by atoms with Crippen molar-refractivity contribution in [2.24, 2.45) is 0 Å². The van der Waals surface area contributed by atoms with Gasteiger partial charge in [-0.25, -0.2) is 9.89 Å². The van der Waals surface area contributed by atoms with Crippen LogP contribution in [-0.2, 0) is 30.3 Å². The number of nitrogens with one attached hydrogen (secondary N) is 3. The number of H-pyrrole nitrogens is 1. The van der Waals surface area contributed by atoms with Crippen molar-refractivity contribution in [1.82, 2.24) is 35.7 Å². The fourth-order valence-corrected chi connectivity index (χ4v) is 5.47. The van der Waals surface area contributed by atoms with E-state index < -0.39 is 35.5 Å². The number of anilines is 1. The van der Waals surface area contributed by atoms with Crippen molar-refractivity contribution in [2.75, 3.05) is 19.0 Å². The minimum Gasteiger partial charge on any atom is -0.469 e. The fourth-order valence-electron chi connectivity index (χ4n) is 5.29. The third-order valence-electron chi connectivity index (χ3n) is 7.58. The van der Waals surface area contributed by atoms with Gasteiger partial charge >= 0.3 is 11.9 Å². The molecule has 2 bridgehead atoms. The standard InChI is InChI=1S/C32H33ClN8O6/c1-3-47-32(45)25-7-5-4-6-24(36-29(42)13-9-20-16-21(33)10-12-28(20)41-18-34-39-40-41)27-17-23(31(44)38-37-27)22-11-8-19(14-26(22)35-25)15-30(43)46-2/h8-14,16-18,24-25,35H,3-7,15H2,1-2H3,(H,36,42)(H,38,44)/b13-9+/t24?,25-/m1/s1. The first-order valence-electron chi connectivity index (χ1n) is 15.0. The highest BCUT2D eigenvalue weighted by Gasteiger charge is 2.25. The lowest BCUT2D eigenvalue weighted by Crippen LogP contribution is -2.33. The molecule has 0 radical (unpaired) electrons. The van der Waals surface area contributed by atoms with E-state index in [0.717, 1.165) is 0 Å². The zero-order valence-corrected chi connectivity index (χ0v) is 26.5. The van der Waals surface area contributed by atoms with Gasteiger partial charge in [0.25, 0.3) is 5.56 Å². The van der Waals surface area contributed by atoms with E-state index in [9.17, 15) is 19.2 Å². The Morgan fingerprint density at radius 2 is 1.94 bits per heavy atom. The van der Waals surface area contributed by atoms with Crippen LogP contribution in [0.2, 0.25) is 5.02 Å². The largest absolute Gasteiger partial charge is 0.469 e. The number of rotatable bonds is 8. The summed E-state index contributed by atoms with van der Waals surface area (Å²) < 4.78 is 11.6. The zero-order chi connectivity index (χ0) is 33.3. The lowest BCUT2D eigenvalue weighted by atomic mass is 9.96. The van der Waals surface area contributed by atoms with Crippen molar-refractivity contribution >= 4 is 41.2 Å². The maximum atomic E-state index is 13.3. The fraction of sp³-hybridized carbons (Fsp3) is 0.312. The number of hydrogen-bond acceptors (Lipinski definition) is 11. The molecule has 2 atom stereocenters. The van der Waals surface area contributed by atoms with E-state index in [-0.39, 0.29) is 18.6 Å². The van der Waals surface area contributed by atoms with Gasteiger partial charge < -0.3 is 20.1 Å². The van der Waals surface area contributed by atoms with Crippen LogP contribution in [0, 0.1) is 0 Å². The van der Waals surface area contributed by atoms with Gasteiger partial charge in [-0.1, -0.05) is 36.6 Å². The van der Waals surface area contributed by atoms with Gasteiger partial charge in [0.1, 0.15) is 12.4 Å². The molecule has 0 spiro atoms. The van der Waals surface area contributed by atoms with Crippen LogP contribution in [0.25, 0.3) is 22.9 Å². The summed E-state index contributed by atoms with van der Waals surface area (Å²) in [6.07, 6.45) is 6.56. The molecule has 5 rings (SSSR count). The Labute approximate surface area is 274 Å². The second kappa shape index (κ2) is 15.3. The molecule has 0 saturated heterocycles. The molecule has 3 N–H and O–H groups in total. The van der Waals surface area contributed by atoms with Crippen LogP contribution in [-0.4, -0.2) is 68.0 Å². The van der Waals surface area contributed by atoms with E-state index in [4.69, 9.17) is 21.1 Å². The number of tetrazole rings is 1. The smallest absolute Gasteiger partial charge is 0.328 e. The number of fused-ring (bicyclic) bond motifs is 4. The maximum absolute atomic E-state index is 13.3. The van der Waals surface area contributed by atoms with Crippen LogP contribution in [0.3, 0.4) is 0 Å². The molecule has 4 aromatic rings. The molecule has 244 valence electrons. The number of aromatic amines is 1. The molecule has 1 aliphatic heterocycles. The highest BCUT2D eigenvalue weighted by atomic mass is 35.5. The lowest BCUT2D eigenvalue weighted by molar-refractivity contribution is -0.144. The number of ether oxygens (including phenoxy) is 2. The Kier molecular flexibility index (Phi) is 10.7. The summed E-state index contributed by atoms with van der Waals surface area (Å²) >= 11 is 6.22. The summed E-state index contributed by atoms with van der Waals surface area (Å²) in [4.78, 5) is 51.4. The molecule has 2 aromatic heterocycles. The van der Waals surface area contributed by atoms with Gasteiger partial charge in [-0.2, -0.15) is 9.78 Å². The Bertz CT molecular complexity index is 1840. The second-order valence-electron chi connectivity index (χ2n) is 10.8. The summed E-state index contributed by atoms with van der Waals surface area (Å²) in [7, 11) is 1.30. The normalized spacial score (nSPS) is 16.2. The molecule has 2 aromatic carbocycles. The van der Waals surface area contributed by atoms with Crippen LogP contribution >= 0.6 is 11.6 Å². The van der Waals surface area contributed by atoms with E-state index >= 15 is 0 Å². The summed E-state index contributed by atoms with van der Waals surface area (Å²) in [5.74, 6) is -1.27. The molecule has 14 nitrogen and oxygen atoms in total. The average Bonchev–Trinajstić information content (AvgIpc) is 3.60. The van der Waals surface area contributed by atoms with E-state index in [1.165, 1.54) is 24.2 Å². The molecule has 3 heterocycles. The number of methoxy groups -OCH3 is 1. The third-order valence-corrected chi connectivity index (χ3v) is 7.82. The molecule has 15 heteroatoms. The molecule has 0 aliphatic carbocycles. The third kappa shape index (κ3) is 8.27. The average molecular weight is 661 g/mol. The number of benzene rings is 2. The Morgan fingerprint density at radius 3 is 2.70 bits per heavy atom. The highest BCUT2D eigenvalue weighted by molar-refractivity contribution is 6.30. The molecular formula is C32H33ClN8O6. The number of amides is 1. The molecule has 0 fully saturated rings. The highest BCUT2D eigenvalue weighted by Crippen LogP contribution is 2.31. The van der Waals surface area contributed by atoms with Gasteiger partial charge in [0.05, 0.1) is 43.1 Å². The van der Waals surface area contributed by atoms with Crippen LogP contribution in [0.4, 0.5) is 5.69 Å². The number of esters is 2. The van der Waals surface area contributed by atoms with Gasteiger partial charge in [-0.05, 0) is 72.2 Å². The van der Waals surface area contributed by atoms with Crippen LogP contribution < -0.4 is 16.2 Å². The summed E-state index contributed by atoms with van der Waals surface area (Å²) in [6, 6.07) is 10.6. The van der Waals surface area contributed by atoms with Crippen LogP contribution in [0.1, 0.15) is 55.5 Å². The molecule has 47 heavy (non-hydrogen) atoms. The maximum Gasteiger partial charge on any atom is 0.328 e. The first-order valence-corrected chi connectivity index (χ1v) is 15.4. The second-order valence-corrected chi connectivity index (χ2v) is 11.2. The van der Waals surface area contributed by atoms with Crippen molar-refractivity contribution < 1.29 is 23.9 Å². The number of carbonyl (C=O) groups excluding carboxylic acids is 3. The number of nitrogens with zero attached hydrogens (tertiary/aromatic N) is 5. The van der Waals surface area contributed by atoms with E-state index in [0.29, 0.717) is 64.5 Å². The molecule has 1 unspecified atom stereocenters. The predicted molar refractivity (Wildman–Crippen MR) is 173 cm³/mol. The molecule has 0 saturated carbocycles. The number of aromatic nitrogens is 6. The Hall–Kier alpha value is -5.37. The van der Waals surface area contributed by atoms with E-state index in [1.807, 2.05) is 0 Å². The lowest BCUT2D eigenvalue weighted by Gasteiger charge is -2.23.